The van der Waals surface area contributed by atoms with E-state index in [9.17, 15) is 4.79 Å². The first kappa shape index (κ1) is 15.8. The number of thiocarbonyl (C=S) groups is 1. The molecule has 3 N–H and O–H groups in total. The normalized spacial score (nSPS) is 11.4. The van der Waals surface area contributed by atoms with E-state index >= 15 is 0 Å². The molecule has 0 unspecified atom stereocenters. The van der Waals surface area contributed by atoms with Crippen molar-refractivity contribution in [3.8, 4) is 5.75 Å². The number of carbonyl (C=O) groups is 1. The minimum absolute atomic E-state index is 0.296. The molecule has 0 saturated heterocycles. The molecule has 0 aliphatic rings. The van der Waals surface area contributed by atoms with E-state index in [1.807, 2.05) is 0 Å². The number of nitrogens with one attached hydrogen (secondary N) is 3. The fraction of sp³-hybridized carbons (Fsp3) is 0.273. The molecule has 0 aliphatic carbocycles. The third-order valence-corrected chi connectivity index (χ3v) is 2.93. The summed E-state index contributed by atoms with van der Waals surface area (Å²) in [6.07, 6.45) is -0.745. The minimum Gasteiger partial charge on any atom is -0.479 e. The highest BCUT2D eigenvalue weighted by Gasteiger charge is 2.16. The molecule has 1 rings (SSSR count). The van der Waals surface area contributed by atoms with Crippen molar-refractivity contribution in [2.75, 3.05) is 7.05 Å². The van der Waals surface area contributed by atoms with E-state index in [1.54, 1.807) is 26.1 Å². The number of hydrazine groups is 1. The van der Waals surface area contributed by atoms with Crippen LogP contribution in [0.25, 0.3) is 0 Å². The van der Waals surface area contributed by atoms with Gasteiger partial charge in [0, 0.05) is 12.1 Å². The monoisotopic (exact) mass is 321 g/mol. The van der Waals surface area contributed by atoms with Crippen LogP contribution in [0, 0.1) is 0 Å². The van der Waals surface area contributed by atoms with Gasteiger partial charge in [0.2, 0.25) is 0 Å². The second-order valence-electron chi connectivity index (χ2n) is 3.53. The molecular formula is C11H13Cl2N3O2S. The van der Waals surface area contributed by atoms with Gasteiger partial charge in [-0.3, -0.25) is 15.6 Å². The molecule has 0 aromatic heterocycles. The highest BCUT2D eigenvalue weighted by Crippen LogP contribution is 2.28. The lowest BCUT2D eigenvalue weighted by Gasteiger charge is -2.16. The van der Waals surface area contributed by atoms with E-state index in [4.69, 9.17) is 40.2 Å². The predicted octanol–water partition coefficient (Wildman–Crippen LogP) is 1.89. The summed E-state index contributed by atoms with van der Waals surface area (Å²) in [4.78, 5) is 11.7. The first-order chi connectivity index (χ1) is 8.93. The number of halogens is 2. The molecule has 8 heteroatoms. The zero-order chi connectivity index (χ0) is 14.4. The number of hydrogen-bond acceptors (Lipinski definition) is 3. The summed E-state index contributed by atoms with van der Waals surface area (Å²) in [6.45, 7) is 1.59. The van der Waals surface area contributed by atoms with Crippen LogP contribution in [0.2, 0.25) is 10.0 Å². The molecule has 1 amide bonds. The lowest BCUT2D eigenvalue weighted by atomic mass is 10.3. The lowest BCUT2D eigenvalue weighted by molar-refractivity contribution is -0.127. The molecule has 0 radical (unpaired) electrons. The molecular weight excluding hydrogens is 309 g/mol. The van der Waals surface area contributed by atoms with E-state index < -0.39 is 6.10 Å². The number of rotatable bonds is 3. The Kier molecular flexibility index (Phi) is 6.14. The van der Waals surface area contributed by atoms with Crippen LogP contribution in [0.5, 0.6) is 5.75 Å². The Morgan fingerprint density at radius 1 is 1.37 bits per heavy atom. The smallest absolute Gasteiger partial charge is 0.279 e. The number of ether oxygens (including phenoxy) is 1. The quantitative estimate of drug-likeness (QED) is 0.586. The summed E-state index contributed by atoms with van der Waals surface area (Å²) < 4.78 is 5.42. The van der Waals surface area contributed by atoms with E-state index in [0.29, 0.717) is 20.9 Å². The van der Waals surface area contributed by atoms with Crippen LogP contribution in [0.1, 0.15) is 6.92 Å². The molecule has 19 heavy (non-hydrogen) atoms. The zero-order valence-corrected chi connectivity index (χ0v) is 12.6. The first-order valence-electron chi connectivity index (χ1n) is 5.33. The van der Waals surface area contributed by atoms with Crippen molar-refractivity contribution >= 4 is 46.4 Å². The highest BCUT2D eigenvalue weighted by molar-refractivity contribution is 7.80. The van der Waals surface area contributed by atoms with Crippen molar-refractivity contribution < 1.29 is 9.53 Å². The number of carbonyl (C=O) groups excluding carboxylic acids is 1. The Labute approximate surface area is 126 Å². The van der Waals surface area contributed by atoms with E-state index in [-0.39, 0.29) is 5.91 Å². The summed E-state index contributed by atoms with van der Waals surface area (Å²) in [7, 11) is 1.63. The van der Waals surface area contributed by atoms with Crippen molar-refractivity contribution in [1.29, 1.82) is 0 Å². The van der Waals surface area contributed by atoms with Crippen molar-refractivity contribution in [1.82, 2.24) is 16.2 Å². The van der Waals surface area contributed by atoms with Crippen molar-refractivity contribution in [2.24, 2.45) is 0 Å². The Morgan fingerprint density at radius 2 is 2.05 bits per heavy atom. The second-order valence-corrected chi connectivity index (χ2v) is 4.78. The highest BCUT2D eigenvalue weighted by atomic mass is 35.5. The van der Waals surface area contributed by atoms with Gasteiger partial charge >= 0.3 is 0 Å². The van der Waals surface area contributed by atoms with Crippen LogP contribution in [-0.2, 0) is 4.79 Å². The molecule has 0 fully saturated rings. The average molecular weight is 322 g/mol. The van der Waals surface area contributed by atoms with Gasteiger partial charge in [-0.1, -0.05) is 23.2 Å². The Balaban J connectivity index is 2.56. The summed E-state index contributed by atoms with van der Waals surface area (Å²) in [5.41, 5.74) is 4.91. The summed E-state index contributed by atoms with van der Waals surface area (Å²) in [5, 5.41) is 3.78. The van der Waals surface area contributed by atoms with Crippen LogP contribution in [0.15, 0.2) is 18.2 Å². The fourth-order valence-corrected chi connectivity index (χ4v) is 1.60. The van der Waals surface area contributed by atoms with Gasteiger partial charge in [-0.2, -0.15) is 0 Å². The molecule has 5 nitrogen and oxygen atoms in total. The van der Waals surface area contributed by atoms with Gasteiger partial charge in [-0.05, 0) is 37.3 Å². The third kappa shape index (κ3) is 5.10. The van der Waals surface area contributed by atoms with Gasteiger partial charge in [-0.15, -0.1) is 0 Å². The topological polar surface area (TPSA) is 62.4 Å². The van der Waals surface area contributed by atoms with Crippen LogP contribution in [0.3, 0.4) is 0 Å². The molecule has 0 heterocycles. The van der Waals surface area contributed by atoms with Gasteiger partial charge < -0.3 is 10.1 Å². The molecule has 0 saturated carbocycles. The Bertz CT molecular complexity index is 485. The molecule has 0 bridgehead atoms. The lowest BCUT2D eigenvalue weighted by Crippen LogP contribution is -2.49. The number of hydrogen-bond donors (Lipinski definition) is 3. The predicted molar refractivity (Wildman–Crippen MR) is 79.5 cm³/mol. The number of benzene rings is 1. The van der Waals surface area contributed by atoms with Gasteiger partial charge in [-0.25, -0.2) is 0 Å². The molecule has 1 aromatic rings. The molecule has 1 atom stereocenters. The standard InChI is InChI=1S/C11H13Cl2N3O2S/c1-6(10(17)15-16-11(19)14-2)18-9-4-3-7(12)5-8(9)13/h3-6H,1-2H3,(H,15,17)(H2,14,16,19)/t6-/m0/s1. The minimum atomic E-state index is -0.745. The van der Waals surface area contributed by atoms with Crippen molar-refractivity contribution in [3.63, 3.8) is 0 Å². The average Bonchev–Trinajstić information content (AvgIpc) is 2.38. The van der Waals surface area contributed by atoms with Crippen LogP contribution in [-0.4, -0.2) is 24.2 Å². The molecule has 0 aliphatic heterocycles. The van der Waals surface area contributed by atoms with Gasteiger partial charge in [0.15, 0.2) is 11.2 Å². The summed E-state index contributed by atoms with van der Waals surface area (Å²) in [5.74, 6) is -0.00599. The van der Waals surface area contributed by atoms with Gasteiger partial charge in [0.05, 0.1) is 5.02 Å². The van der Waals surface area contributed by atoms with Gasteiger partial charge in [0.25, 0.3) is 5.91 Å². The van der Waals surface area contributed by atoms with E-state index in [0.717, 1.165) is 0 Å². The molecule has 0 spiro atoms. The maximum absolute atomic E-state index is 11.7. The molecule has 1 aromatic carbocycles. The first-order valence-corrected chi connectivity index (χ1v) is 6.49. The van der Waals surface area contributed by atoms with Crippen LogP contribution < -0.4 is 20.9 Å². The largest absolute Gasteiger partial charge is 0.479 e. The second kappa shape index (κ2) is 7.37. The molecule has 104 valence electrons. The van der Waals surface area contributed by atoms with Crippen LogP contribution >= 0.6 is 35.4 Å². The summed E-state index contributed by atoms with van der Waals surface area (Å²) >= 11 is 16.5. The zero-order valence-electron chi connectivity index (χ0n) is 10.3. The Morgan fingerprint density at radius 3 is 2.63 bits per heavy atom. The van der Waals surface area contributed by atoms with E-state index in [1.165, 1.54) is 6.07 Å². The fourth-order valence-electron chi connectivity index (χ4n) is 1.10. The summed E-state index contributed by atoms with van der Waals surface area (Å²) in [6, 6.07) is 4.76. The van der Waals surface area contributed by atoms with E-state index in [2.05, 4.69) is 16.2 Å². The van der Waals surface area contributed by atoms with Gasteiger partial charge in [0.1, 0.15) is 5.75 Å². The van der Waals surface area contributed by atoms with Crippen molar-refractivity contribution in [3.05, 3.63) is 28.2 Å². The number of amides is 1. The third-order valence-electron chi connectivity index (χ3n) is 2.09. The van der Waals surface area contributed by atoms with Crippen molar-refractivity contribution in [2.45, 2.75) is 13.0 Å². The SMILES string of the molecule is CNC(=S)NNC(=O)[C@H](C)Oc1ccc(Cl)cc1Cl. The van der Waals surface area contributed by atoms with Crippen LogP contribution in [0.4, 0.5) is 0 Å². The maximum Gasteiger partial charge on any atom is 0.279 e. The maximum atomic E-state index is 11.7. The Hall–Kier alpha value is -1.24.